The van der Waals surface area contributed by atoms with E-state index in [2.05, 4.69) is 42.2 Å². The molecule has 2 fully saturated rings. The molecule has 0 saturated heterocycles. The minimum Gasteiger partial charge on any atom is -0.353 e. The van der Waals surface area contributed by atoms with Crippen molar-refractivity contribution in [3.05, 3.63) is 35.9 Å². The first kappa shape index (κ1) is 12.1. The van der Waals surface area contributed by atoms with Gasteiger partial charge in [0.25, 0.3) is 0 Å². The Hall–Kier alpha value is -0.960. The molecule has 0 spiro atoms. The van der Waals surface area contributed by atoms with Crippen LogP contribution in [0.3, 0.4) is 0 Å². The fraction of sp³-hybridized carbons (Fsp3) is 0.533. The summed E-state index contributed by atoms with van der Waals surface area (Å²) in [5, 5.41) is 3.16. The first-order valence-corrected chi connectivity index (χ1v) is 7.31. The standard InChI is InChI=1S/C15H19NOS/c17-14(9-15(10-18)6-7-15)16-13-8-12(13)11-4-2-1-3-5-11/h1-5,12-13,18H,6-10H2,(H,16,17). The molecule has 96 valence electrons. The van der Waals surface area contributed by atoms with Crippen molar-refractivity contribution in [3.8, 4) is 0 Å². The van der Waals surface area contributed by atoms with Crippen molar-refractivity contribution in [2.75, 3.05) is 5.75 Å². The van der Waals surface area contributed by atoms with Crippen LogP contribution in [0.5, 0.6) is 0 Å². The third-order valence-corrected chi connectivity index (χ3v) is 4.86. The highest BCUT2D eigenvalue weighted by molar-refractivity contribution is 7.80. The molecule has 0 heterocycles. The Morgan fingerprint density at radius 2 is 2.06 bits per heavy atom. The highest BCUT2D eigenvalue weighted by Crippen LogP contribution is 2.50. The van der Waals surface area contributed by atoms with Crippen LogP contribution in [0.4, 0.5) is 0 Å². The lowest BCUT2D eigenvalue weighted by Crippen LogP contribution is -2.29. The number of nitrogens with one attached hydrogen (secondary N) is 1. The molecule has 2 unspecified atom stereocenters. The van der Waals surface area contributed by atoms with E-state index in [1.807, 2.05) is 6.07 Å². The Labute approximate surface area is 114 Å². The van der Waals surface area contributed by atoms with E-state index in [9.17, 15) is 4.79 Å². The van der Waals surface area contributed by atoms with Crippen molar-refractivity contribution in [2.24, 2.45) is 5.41 Å². The summed E-state index contributed by atoms with van der Waals surface area (Å²) in [7, 11) is 0. The minimum atomic E-state index is 0.213. The van der Waals surface area contributed by atoms with Crippen molar-refractivity contribution in [2.45, 2.75) is 37.6 Å². The number of carbonyl (C=O) groups excluding carboxylic acids is 1. The van der Waals surface area contributed by atoms with E-state index < -0.39 is 0 Å². The molecule has 3 rings (SSSR count). The molecular formula is C15H19NOS. The summed E-state index contributed by atoms with van der Waals surface area (Å²) in [5.41, 5.74) is 1.57. The third-order valence-electron chi connectivity index (χ3n) is 4.19. The number of thiol groups is 1. The van der Waals surface area contributed by atoms with Crippen LogP contribution in [0, 0.1) is 5.41 Å². The zero-order chi connectivity index (χ0) is 12.6. The van der Waals surface area contributed by atoms with Gasteiger partial charge < -0.3 is 5.32 Å². The predicted octanol–water partition coefficient (Wildman–Crippen LogP) is 2.76. The maximum atomic E-state index is 11.9. The molecular weight excluding hydrogens is 242 g/mol. The number of hydrogen-bond acceptors (Lipinski definition) is 2. The second kappa shape index (κ2) is 4.61. The van der Waals surface area contributed by atoms with Gasteiger partial charge in [0.2, 0.25) is 5.91 Å². The summed E-state index contributed by atoms with van der Waals surface area (Å²) in [6.45, 7) is 0. The molecule has 0 aromatic heterocycles. The summed E-state index contributed by atoms with van der Waals surface area (Å²) in [5.74, 6) is 1.58. The highest BCUT2D eigenvalue weighted by atomic mass is 32.1. The van der Waals surface area contributed by atoms with E-state index in [4.69, 9.17) is 0 Å². The van der Waals surface area contributed by atoms with Gasteiger partial charge in [-0.05, 0) is 36.0 Å². The van der Waals surface area contributed by atoms with Crippen LogP contribution in [0.25, 0.3) is 0 Å². The maximum Gasteiger partial charge on any atom is 0.220 e. The number of amides is 1. The highest BCUT2D eigenvalue weighted by Gasteiger charge is 2.45. The lowest BCUT2D eigenvalue weighted by Gasteiger charge is -2.11. The van der Waals surface area contributed by atoms with Gasteiger partial charge in [0, 0.05) is 18.4 Å². The molecule has 3 heteroatoms. The van der Waals surface area contributed by atoms with Gasteiger partial charge in [0.05, 0.1) is 0 Å². The Kier molecular flexibility index (Phi) is 3.10. The first-order chi connectivity index (χ1) is 8.72. The van der Waals surface area contributed by atoms with E-state index in [0.717, 1.165) is 25.0 Å². The molecule has 0 aliphatic heterocycles. The molecule has 1 aromatic carbocycles. The summed E-state index contributed by atoms with van der Waals surface area (Å²) in [6.07, 6.45) is 4.07. The zero-order valence-electron chi connectivity index (χ0n) is 10.4. The molecule has 2 nitrogen and oxygen atoms in total. The van der Waals surface area contributed by atoms with E-state index in [0.29, 0.717) is 18.4 Å². The van der Waals surface area contributed by atoms with Crippen LogP contribution >= 0.6 is 12.6 Å². The number of benzene rings is 1. The fourth-order valence-electron chi connectivity index (χ4n) is 2.59. The Balaban J connectivity index is 1.49. The van der Waals surface area contributed by atoms with Gasteiger partial charge >= 0.3 is 0 Å². The van der Waals surface area contributed by atoms with Crippen LogP contribution in [0.2, 0.25) is 0 Å². The van der Waals surface area contributed by atoms with Crippen molar-refractivity contribution in [1.82, 2.24) is 5.32 Å². The molecule has 0 bridgehead atoms. The van der Waals surface area contributed by atoms with Crippen LogP contribution in [0.15, 0.2) is 30.3 Å². The van der Waals surface area contributed by atoms with Crippen molar-refractivity contribution >= 4 is 18.5 Å². The van der Waals surface area contributed by atoms with Crippen LogP contribution in [0.1, 0.15) is 37.2 Å². The number of hydrogen-bond donors (Lipinski definition) is 2. The van der Waals surface area contributed by atoms with E-state index in [1.165, 1.54) is 5.56 Å². The van der Waals surface area contributed by atoms with Crippen LogP contribution in [-0.4, -0.2) is 17.7 Å². The SMILES string of the molecule is O=C(CC1(CS)CC1)NC1CC1c1ccccc1. The average Bonchev–Trinajstić information content (AvgIpc) is 3.28. The van der Waals surface area contributed by atoms with Gasteiger partial charge in [-0.25, -0.2) is 0 Å². The van der Waals surface area contributed by atoms with Gasteiger partial charge in [-0.2, -0.15) is 12.6 Å². The molecule has 18 heavy (non-hydrogen) atoms. The number of carbonyl (C=O) groups is 1. The molecule has 1 N–H and O–H groups in total. The van der Waals surface area contributed by atoms with Crippen LogP contribution in [-0.2, 0) is 4.79 Å². The van der Waals surface area contributed by atoms with Crippen LogP contribution < -0.4 is 5.32 Å². The Morgan fingerprint density at radius 3 is 2.67 bits per heavy atom. The molecule has 2 atom stereocenters. The van der Waals surface area contributed by atoms with Crippen molar-refractivity contribution in [1.29, 1.82) is 0 Å². The molecule has 2 saturated carbocycles. The van der Waals surface area contributed by atoms with Crippen molar-refractivity contribution in [3.63, 3.8) is 0 Å². The molecule has 0 radical (unpaired) electrons. The monoisotopic (exact) mass is 261 g/mol. The Morgan fingerprint density at radius 1 is 1.33 bits per heavy atom. The normalized spacial score (nSPS) is 27.6. The smallest absolute Gasteiger partial charge is 0.220 e. The predicted molar refractivity (Wildman–Crippen MR) is 75.9 cm³/mol. The summed E-state index contributed by atoms with van der Waals surface area (Å²) in [4.78, 5) is 11.9. The van der Waals surface area contributed by atoms with E-state index in [1.54, 1.807) is 0 Å². The second-order valence-electron chi connectivity index (χ2n) is 5.76. The van der Waals surface area contributed by atoms with Gasteiger partial charge in [-0.15, -0.1) is 0 Å². The van der Waals surface area contributed by atoms with E-state index in [-0.39, 0.29) is 11.3 Å². The zero-order valence-corrected chi connectivity index (χ0v) is 11.3. The second-order valence-corrected chi connectivity index (χ2v) is 6.08. The summed E-state index contributed by atoms with van der Waals surface area (Å²) >= 11 is 4.34. The van der Waals surface area contributed by atoms with Gasteiger partial charge in [-0.3, -0.25) is 4.79 Å². The summed E-state index contributed by atoms with van der Waals surface area (Å²) < 4.78 is 0. The molecule has 2 aliphatic rings. The molecule has 1 aromatic rings. The maximum absolute atomic E-state index is 11.9. The van der Waals surface area contributed by atoms with Gasteiger partial charge in [0.1, 0.15) is 0 Å². The Bertz CT molecular complexity index is 441. The van der Waals surface area contributed by atoms with Gasteiger partial charge in [0.15, 0.2) is 0 Å². The topological polar surface area (TPSA) is 29.1 Å². The molecule has 2 aliphatic carbocycles. The number of rotatable bonds is 5. The average molecular weight is 261 g/mol. The lowest BCUT2D eigenvalue weighted by atomic mass is 10.1. The third kappa shape index (κ3) is 2.56. The summed E-state index contributed by atoms with van der Waals surface area (Å²) in [6, 6.07) is 10.8. The largest absolute Gasteiger partial charge is 0.353 e. The van der Waals surface area contributed by atoms with Crippen molar-refractivity contribution < 1.29 is 4.79 Å². The quantitative estimate of drug-likeness (QED) is 0.784. The molecule has 1 amide bonds. The fourth-order valence-corrected chi connectivity index (χ4v) is 3.02. The van der Waals surface area contributed by atoms with E-state index >= 15 is 0 Å². The minimum absolute atomic E-state index is 0.213. The van der Waals surface area contributed by atoms with Gasteiger partial charge in [-0.1, -0.05) is 30.3 Å². The first-order valence-electron chi connectivity index (χ1n) is 6.68. The lowest BCUT2D eigenvalue weighted by molar-refractivity contribution is -0.122.